The average Bonchev–Trinajstić information content (AvgIpc) is 3.32. The minimum Gasteiger partial charge on any atom is -0.342 e. The fraction of sp³-hybridized carbons (Fsp3) is 0.895. The first-order valence-electron chi connectivity index (χ1n) is 10.3. The van der Waals surface area contributed by atoms with E-state index in [1.807, 2.05) is 9.80 Å². The Balaban J connectivity index is 1.36. The summed E-state index contributed by atoms with van der Waals surface area (Å²) in [5.74, 6) is 0.250. The fourth-order valence-electron chi connectivity index (χ4n) is 4.16. The number of hydrogen-bond acceptors (Lipinski definition) is 4. The second kappa shape index (κ2) is 9.04. The molecule has 7 heteroatoms. The number of nitrogens with zero attached hydrogens (tertiary/aromatic N) is 4. The van der Waals surface area contributed by atoms with E-state index < -0.39 is 0 Å². The third-order valence-corrected chi connectivity index (χ3v) is 6.09. The Labute approximate surface area is 157 Å². The van der Waals surface area contributed by atoms with Crippen LogP contribution < -0.4 is 5.32 Å². The van der Waals surface area contributed by atoms with E-state index in [1.54, 1.807) is 0 Å². The fourth-order valence-corrected chi connectivity index (χ4v) is 4.16. The zero-order chi connectivity index (χ0) is 18.5. The van der Waals surface area contributed by atoms with Gasteiger partial charge in [-0.1, -0.05) is 0 Å². The van der Waals surface area contributed by atoms with Crippen LogP contribution in [-0.2, 0) is 4.79 Å². The SMILES string of the molecule is CC(CCN1CCN(C)CC1)NC(=O)N1CCC(C(=O)N2CCCC2)C1. The Morgan fingerprint density at radius 3 is 2.38 bits per heavy atom. The number of piperazine rings is 1. The van der Waals surface area contributed by atoms with Gasteiger partial charge in [-0.25, -0.2) is 4.79 Å². The predicted octanol–water partition coefficient (Wildman–Crippen LogP) is 0.666. The van der Waals surface area contributed by atoms with Crippen molar-refractivity contribution in [1.29, 1.82) is 0 Å². The lowest BCUT2D eigenvalue weighted by Gasteiger charge is -2.33. The van der Waals surface area contributed by atoms with Crippen LogP contribution >= 0.6 is 0 Å². The standard InChI is InChI=1S/C19H35N5O2/c1-16(5-9-22-13-11-21(2)12-14-22)20-19(26)24-10-6-17(15-24)18(25)23-7-3-4-8-23/h16-17H,3-15H2,1-2H3,(H,20,26). The van der Waals surface area contributed by atoms with Gasteiger partial charge in [0, 0.05) is 64.9 Å². The molecule has 148 valence electrons. The van der Waals surface area contributed by atoms with Crippen molar-refractivity contribution in [3.05, 3.63) is 0 Å². The van der Waals surface area contributed by atoms with E-state index in [-0.39, 0.29) is 23.9 Å². The zero-order valence-corrected chi connectivity index (χ0v) is 16.5. The van der Waals surface area contributed by atoms with E-state index in [2.05, 4.69) is 29.1 Å². The molecule has 0 aromatic carbocycles. The van der Waals surface area contributed by atoms with Crippen LogP contribution in [0.3, 0.4) is 0 Å². The summed E-state index contributed by atoms with van der Waals surface area (Å²) in [5, 5.41) is 3.12. The minimum absolute atomic E-state index is 0.000467. The Morgan fingerprint density at radius 1 is 1.00 bits per heavy atom. The first-order valence-corrected chi connectivity index (χ1v) is 10.3. The average molecular weight is 366 g/mol. The molecule has 0 aromatic heterocycles. The van der Waals surface area contributed by atoms with Crippen LogP contribution in [0.15, 0.2) is 0 Å². The molecule has 3 saturated heterocycles. The van der Waals surface area contributed by atoms with E-state index in [4.69, 9.17) is 0 Å². The van der Waals surface area contributed by atoms with Gasteiger partial charge < -0.3 is 24.9 Å². The van der Waals surface area contributed by atoms with Crippen LogP contribution in [0, 0.1) is 5.92 Å². The first-order chi connectivity index (χ1) is 12.5. The maximum absolute atomic E-state index is 12.5. The smallest absolute Gasteiger partial charge is 0.317 e. The van der Waals surface area contributed by atoms with Gasteiger partial charge in [0.05, 0.1) is 5.92 Å². The molecule has 2 unspecified atom stereocenters. The molecule has 0 spiro atoms. The lowest BCUT2D eigenvalue weighted by Crippen LogP contribution is -2.47. The number of carbonyl (C=O) groups excluding carboxylic acids is 2. The molecule has 3 aliphatic rings. The van der Waals surface area contributed by atoms with Gasteiger partial charge in [0.1, 0.15) is 0 Å². The van der Waals surface area contributed by atoms with Crippen molar-refractivity contribution in [2.24, 2.45) is 5.92 Å². The van der Waals surface area contributed by atoms with E-state index in [1.165, 1.54) is 0 Å². The van der Waals surface area contributed by atoms with Crippen molar-refractivity contribution >= 4 is 11.9 Å². The maximum atomic E-state index is 12.5. The molecule has 3 rings (SSSR count). The normalized spacial score (nSPS) is 26.3. The molecule has 2 atom stereocenters. The molecule has 1 N–H and O–H groups in total. The first kappa shape index (κ1) is 19.4. The number of likely N-dealkylation sites (N-methyl/N-ethyl adjacent to an activating group) is 1. The summed E-state index contributed by atoms with van der Waals surface area (Å²) in [7, 11) is 2.16. The lowest BCUT2D eigenvalue weighted by molar-refractivity contribution is -0.133. The van der Waals surface area contributed by atoms with Gasteiger partial charge in [-0.05, 0) is 39.7 Å². The van der Waals surface area contributed by atoms with Crippen LogP contribution in [0.25, 0.3) is 0 Å². The van der Waals surface area contributed by atoms with E-state index in [9.17, 15) is 9.59 Å². The largest absolute Gasteiger partial charge is 0.342 e. The highest BCUT2D eigenvalue weighted by molar-refractivity contribution is 5.82. The molecule has 0 aromatic rings. The van der Waals surface area contributed by atoms with E-state index >= 15 is 0 Å². The molecule has 0 radical (unpaired) electrons. The minimum atomic E-state index is -0.00685. The van der Waals surface area contributed by atoms with E-state index in [0.29, 0.717) is 13.1 Å². The summed E-state index contributed by atoms with van der Waals surface area (Å²) < 4.78 is 0. The van der Waals surface area contributed by atoms with E-state index in [0.717, 1.165) is 71.5 Å². The Kier molecular flexibility index (Phi) is 6.75. The Bertz CT molecular complexity index is 486. The molecule has 26 heavy (non-hydrogen) atoms. The molecule has 3 fully saturated rings. The highest BCUT2D eigenvalue weighted by atomic mass is 16.2. The predicted molar refractivity (Wildman–Crippen MR) is 102 cm³/mol. The number of likely N-dealkylation sites (tertiary alicyclic amines) is 2. The van der Waals surface area contributed by atoms with Crippen LogP contribution in [-0.4, -0.2) is 104 Å². The molecular weight excluding hydrogens is 330 g/mol. The second-order valence-corrected chi connectivity index (χ2v) is 8.25. The van der Waals surface area contributed by atoms with Crippen molar-refractivity contribution in [2.45, 2.75) is 38.6 Å². The third kappa shape index (κ3) is 5.10. The van der Waals surface area contributed by atoms with Crippen LogP contribution in [0.4, 0.5) is 4.79 Å². The molecule has 0 aliphatic carbocycles. The van der Waals surface area contributed by atoms with Gasteiger partial charge in [0.15, 0.2) is 0 Å². The molecule has 7 nitrogen and oxygen atoms in total. The number of carbonyl (C=O) groups is 2. The molecule has 3 aliphatic heterocycles. The van der Waals surface area contributed by atoms with Crippen molar-refractivity contribution in [3.63, 3.8) is 0 Å². The van der Waals surface area contributed by atoms with Crippen LogP contribution in [0.5, 0.6) is 0 Å². The molecule has 0 saturated carbocycles. The Morgan fingerprint density at radius 2 is 1.69 bits per heavy atom. The summed E-state index contributed by atoms with van der Waals surface area (Å²) >= 11 is 0. The number of hydrogen-bond donors (Lipinski definition) is 1. The lowest BCUT2D eigenvalue weighted by atomic mass is 10.1. The van der Waals surface area contributed by atoms with Crippen molar-refractivity contribution in [1.82, 2.24) is 24.9 Å². The number of rotatable bonds is 5. The molecule has 3 amide bonds. The van der Waals surface area contributed by atoms with Gasteiger partial charge in [-0.2, -0.15) is 0 Å². The van der Waals surface area contributed by atoms with Crippen molar-refractivity contribution in [2.75, 3.05) is 66.0 Å². The van der Waals surface area contributed by atoms with Gasteiger partial charge in [0.25, 0.3) is 0 Å². The van der Waals surface area contributed by atoms with Crippen molar-refractivity contribution in [3.8, 4) is 0 Å². The van der Waals surface area contributed by atoms with Crippen molar-refractivity contribution < 1.29 is 9.59 Å². The molecular formula is C19H35N5O2. The summed E-state index contributed by atoms with van der Waals surface area (Å²) in [6, 6.07) is 0.156. The van der Waals surface area contributed by atoms with Crippen LogP contribution in [0.2, 0.25) is 0 Å². The quantitative estimate of drug-likeness (QED) is 0.778. The summed E-state index contributed by atoms with van der Waals surface area (Å²) in [6.07, 6.45) is 4.01. The zero-order valence-electron chi connectivity index (χ0n) is 16.5. The highest BCUT2D eigenvalue weighted by Crippen LogP contribution is 2.21. The number of amides is 3. The highest BCUT2D eigenvalue weighted by Gasteiger charge is 2.34. The van der Waals surface area contributed by atoms with Gasteiger partial charge in [-0.3, -0.25) is 4.79 Å². The maximum Gasteiger partial charge on any atom is 0.317 e. The second-order valence-electron chi connectivity index (χ2n) is 8.25. The topological polar surface area (TPSA) is 59.1 Å². The monoisotopic (exact) mass is 365 g/mol. The van der Waals surface area contributed by atoms with Crippen LogP contribution in [0.1, 0.15) is 32.6 Å². The number of urea groups is 1. The molecule has 3 heterocycles. The summed E-state index contributed by atoms with van der Waals surface area (Å²) in [5.41, 5.74) is 0. The van der Waals surface area contributed by atoms with Gasteiger partial charge >= 0.3 is 6.03 Å². The van der Waals surface area contributed by atoms with Gasteiger partial charge in [-0.15, -0.1) is 0 Å². The summed E-state index contributed by atoms with van der Waals surface area (Å²) in [4.78, 5) is 33.6. The van der Waals surface area contributed by atoms with Gasteiger partial charge in [0.2, 0.25) is 5.91 Å². The molecule has 0 bridgehead atoms. The summed E-state index contributed by atoms with van der Waals surface area (Å²) in [6.45, 7) is 10.7. The third-order valence-electron chi connectivity index (χ3n) is 6.09. The Hall–Kier alpha value is -1.34. The number of nitrogens with one attached hydrogen (secondary N) is 1.